The molecule has 1 aromatic rings. The summed E-state index contributed by atoms with van der Waals surface area (Å²) in [5, 5.41) is 12.2. The molecule has 1 aliphatic rings. The van der Waals surface area contributed by atoms with Gasteiger partial charge in [-0.2, -0.15) is 8.78 Å². The molecule has 3 atom stereocenters. The van der Waals surface area contributed by atoms with Crippen LogP contribution in [0.25, 0.3) is 0 Å². The Balaban J connectivity index is 1.97. The van der Waals surface area contributed by atoms with E-state index in [-0.39, 0.29) is 5.92 Å². The summed E-state index contributed by atoms with van der Waals surface area (Å²) in [5.41, 5.74) is 0.963. The summed E-state index contributed by atoms with van der Waals surface area (Å²) in [6, 6.07) is 8.70. The molecule has 0 aliphatic carbocycles. The van der Waals surface area contributed by atoms with Crippen LogP contribution < -0.4 is 5.32 Å². The van der Waals surface area contributed by atoms with E-state index in [0.717, 1.165) is 5.56 Å². The zero-order valence-corrected chi connectivity index (χ0v) is 11.1. The average Bonchev–Trinajstić information content (AvgIpc) is 2.69. The first-order chi connectivity index (χ1) is 9.40. The number of carbonyl (C=O) groups is 1. The molecule has 2 N–H and O–H groups in total. The van der Waals surface area contributed by atoms with Gasteiger partial charge in [-0.15, -0.1) is 0 Å². The Morgan fingerprint density at radius 1 is 1.40 bits per heavy atom. The fourth-order valence-electron chi connectivity index (χ4n) is 2.18. The summed E-state index contributed by atoms with van der Waals surface area (Å²) in [5.74, 6) is -4.71. The van der Waals surface area contributed by atoms with Crippen LogP contribution in [0.4, 0.5) is 8.78 Å². The summed E-state index contributed by atoms with van der Waals surface area (Å²) < 4.78 is 26.1. The van der Waals surface area contributed by atoms with Gasteiger partial charge in [0.2, 0.25) is 0 Å². The molecule has 1 saturated heterocycles. The third-order valence-corrected chi connectivity index (χ3v) is 3.50. The predicted octanol–water partition coefficient (Wildman–Crippen LogP) is 2.23. The van der Waals surface area contributed by atoms with Crippen LogP contribution in [0.1, 0.15) is 24.8 Å². The van der Waals surface area contributed by atoms with Crippen LogP contribution in [0.15, 0.2) is 42.5 Å². The van der Waals surface area contributed by atoms with Gasteiger partial charge >= 0.3 is 5.92 Å². The van der Waals surface area contributed by atoms with E-state index in [9.17, 15) is 18.7 Å². The van der Waals surface area contributed by atoms with E-state index in [1.807, 2.05) is 37.3 Å². The van der Waals surface area contributed by atoms with Crippen molar-refractivity contribution in [3.8, 4) is 0 Å². The summed E-state index contributed by atoms with van der Waals surface area (Å²) in [4.78, 5) is 10.9. The van der Waals surface area contributed by atoms with Crippen molar-refractivity contribution in [3.05, 3.63) is 48.0 Å². The molecule has 1 aliphatic heterocycles. The quantitative estimate of drug-likeness (QED) is 0.831. The lowest BCUT2D eigenvalue weighted by atomic mass is 9.95. The van der Waals surface area contributed by atoms with Crippen LogP contribution in [0.2, 0.25) is 0 Å². The van der Waals surface area contributed by atoms with Crippen molar-refractivity contribution in [3.63, 3.8) is 0 Å². The Hall–Kier alpha value is -1.75. The van der Waals surface area contributed by atoms with Gasteiger partial charge in [0.05, 0.1) is 12.1 Å². The van der Waals surface area contributed by atoms with Crippen LogP contribution >= 0.6 is 0 Å². The number of halogens is 2. The first kappa shape index (κ1) is 14.7. The van der Waals surface area contributed by atoms with Crippen LogP contribution in [-0.4, -0.2) is 29.1 Å². The maximum atomic E-state index is 13.0. The monoisotopic (exact) mass is 281 g/mol. The first-order valence-electron chi connectivity index (χ1n) is 6.50. The number of hydrogen-bond acceptors (Lipinski definition) is 2. The molecule has 5 heteroatoms. The van der Waals surface area contributed by atoms with Gasteiger partial charge in [-0.05, 0) is 5.56 Å². The van der Waals surface area contributed by atoms with Crippen LogP contribution in [0.5, 0.6) is 0 Å². The second-order valence-corrected chi connectivity index (χ2v) is 5.06. The highest BCUT2D eigenvalue weighted by Crippen LogP contribution is 2.27. The van der Waals surface area contributed by atoms with Gasteiger partial charge < -0.3 is 10.4 Å². The van der Waals surface area contributed by atoms with Crippen molar-refractivity contribution in [2.45, 2.75) is 37.3 Å². The van der Waals surface area contributed by atoms with Gasteiger partial charge in [-0.3, -0.25) is 4.79 Å². The molecule has 0 spiro atoms. The van der Waals surface area contributed by atoms with Crippen LogP contribution in [-0.2, 0) is 4.79 Å². The highest BCUT2D eigenvalue weighted by Gasteiger charge is 2.47. The molecule has 108 valence electrons. The number of nitrogens with one attached hydrogen (secondary N) is 1. The molecule has 0 bridgehead atoms. The van der Waals surface area contributed by atoms with Crippen molar-refractivity contribution < 1.29 is 18.7 Å². The van der Waals surface area contributed by atoms with E-state index >= 15 is 0 Å². The minimum Gasteiger partial charge on any atom is -0.388 e. The Labute approximate surface area is 116 Å². The number of aliphatic hydroxyl groups excluding tert-OH is 1. The zero-order valence-electron chi connectivity index (χ0n) is 11.1. The van der Waals surface area contributed by atoms with Gasteiger partial charge in [0.15, 0.2) is 0 Å². The number of carbonyl (C=O) groups excluding carboxylic acids is 1. The van der Waals surface area contributed by atoms with E-state index < -0.39 is 30.4 Å². The Morgan fingerprint density at radius 3 is 2.60 bits per heavy atom. The van der Waals surface area contributed by atoms with Crippen molar-refractivity contribution in [2.24, 2.45) is 0 Å². The lowest BCUT2D eigenvalue weighted by molar-refractivity contribution is -0.139. The van der Waals surface area contributed by atoms with Crippen LogP contribution in [0, 0.1) is 0 Å². The maximum Gasteiger partial charge on any atom is 0.326 e. The van der Waals surface area contributed by atoms with Crippen molar-refractivity contribution >= 4 is 5.91 Å². The maximum absolute atomic E-state index is 13.0. The molecule has 2 rings (SSSR count). The van der Waals surface area contributed by atoms with E-state index in [1.54, 1.807) is 0 Å². The van der Waals surface area contributed by atoms with Gasteiger partial charge in [0, 0.05) is 12.3 Å². The number of alkyl halides is 2. The van der Waals surface area contributed by atoms with E-state index in [4.69, 9.17) is 0 Å². The highest BCUT2D eigenvalue weighted by molar-refractivity contribution is 5.86. The molecular formula is C15H17F2NO2. The fraction of sp³-hybridized carbons (Fsp3) is 0.400. The van der Waals surface area contributed by atoms with E-state index in [0.29, 0.717) is 0 Å². The first-order valence-corrected chi connectivity index (χ1v) is 6.50. The van der Waals surface area contributed by atoms with Gasteiger partial charge in [0.25, 0.3) is 5.91 Å². The summed E-state index contributed by atoms with van der Waals surface area (Å²) in [7, 11) is 0. The number of benzene rings is 1. The topological polar surface area (TPSA) is 49.3 Å². The summed E-state index contributed by atoms with van der Waals surface area (Å²) in [6.45, 7) is 1.85. The number of hydrogen-bond donors (Lipinski definition) is 2. The lowest BCUT2D eigenvalue weighted by Gasteiger charge is -2.16. The molecule has 0 radical (unpaired) electrons. The molecule has 0 aromatic heterocycles. The molecule has 20 heavy (non-hydrogen) atoms. The molecule has 1 aromatic carbocycles. The average molecular weight is 281 g/mol. The van der Waals surface area contributed by atoms with Crippen molar-refractivity contribution in [1.29, 1.82) is 0 Å². The minimum atomic E-state index is -3.31. The smallest absolute Gasteiger partial charge is 0.326 e. The molecule has 1 fully saturated rings. The SMILES string of the molecule is C[C@@H](c1ccccc1)[C@H](O)/C=C/[C@H]1CC(F)(F)C(=O)N1. The predicted molar refractivity (Wildman–Crippen MR) is 71.5 cm³/mol. The third-order valence-electron chi connectivity index (χ3n) is 3.50. The van der Waals surface area contributed by atoms with Crippen LogP contribution in [0.3, 0.4) is 0 Å². The number of amides is 1. The number of rotatable bonds is 4. The normalized spacial score (nSPS) is 24.6. The van der Waals surface area contributed by atoms with E-state index in [2.05, 4.69) is 5.32 Å². The van der Waals surface area contributed by atoms with Crippen molar-refractivity contribution in [1.82, 2.24) is 5.32 Å². The standard InChI is InChI=1S/C15H17F2NO2/c1-10(11-5-3-2-4-6-11)13(19)8-7-12-9-15(16,17)14(20)18-12/h2-8,10,12-13,19H,9H2,1H3,(H,18,20)/b8-7+/t10-,12-,13+/m0/s1. The van der Waals surface area contributed by atoms with Crippen molar-refractivity contribution in [2.75, 3.05) is 0 Å². The second-order valence-electron chi connectivity index (χ2n) is 5.06. The summed E-state index contributed by atoms with van der Waals surface area (Å²) in [6.07, 6.45) is 1.55. The molecule has 3 nitrogen and oxygen atoms in total. The molecule has 1 amide bonds. The van der Waals surface area contributed by atoms with Gasteiger partial charge in [-0.25, -0.2) is 0 Å². The highest BCUT2D eigenvalue weighted by atomic mass is 19.3. The Bertz CT molecular complexity index is 502. The zero-order chi connectivity index (χ0) is 14.8. The van der Waals surface area contributed by atoms with E-state index in [1.165, 1.54) is 12.2 Å². The lowest BCUT2D eigenvalue weighted by Crippen LogP contribution is -2.30. The third kappa shape index (κ3) is 3.22. The Kier molecular flexibility index (Phi) is 4.18. The number of aliphatic hydroxyl groups is 1. The Morgan fingerprint density at radius 2 is 2.05 bits per heavy atom. The largest absolute Gasteiger partial charge is 0.388 e. The van der Waals surface area contributed by atoms with Gasteiger partial charge in [0.1, 0.15) is 0 Å². The molecule has 1 heterocycles. The van der Waals surface area contributed by atoms with Gasteiger partial charge in [-0.1, -0.05) is 49.4 Å². The summed E-state index contributed by atoms with van der Waals surface area (Å²) >= 11 is 0. The minimum absolute atomic E-state index is 0.148. The molecular weight excluding hydrogens is 264 g/mol. The molecule has 0 unspecified atom stereocenters. The fourth-order valence-corrected chi connectivity index (χ4v) is 2.18. The second kappa shape index (κ2) is 5.71. The molecule has 0 saturated carbocycles.